The minimum atomic E-state index is -3.87. The number of benzene rings is 1. The van der Waals surface area contributed by atoms with Crippen molar-refractivity contribution in [3.05, 3.63) is 41.9 Å². The molecule has 0 aliphatic heterocycles. The predicted molar refractivity (Wildman–Crippen MR) is 71.8 cm³/mol. The second-order valence-corrected chi connectivity index (χ2v) is 7.18. The van der Waals surface area contributed by atoms with Gasteiger partial charge in [-0.05, 0) is 12.1 Å². The largest absolute Gasteiger partial charge is 0.427 e. The number of rotatable bonds is 2. The van der Waals surface area contributed by atoms with E-state index < -0.39 is 20.3 Å². The molecule has 0 bridgehead atoms. The second kappa shape index (κ2) is 4.76. The average molecular weight is 290 g/mol. The quantitative estimate of drug-likeness (QED) is 0.849. The number of nitrogens with zero attached hydrogens (tertiary/aromatic N) is 2. The monoisotopic (exact) mass is 290 g/mol. The first kappa shape index (κ1) is 14.3. The number of hydrogen-bond donors (Lipinski definition) is 0. The molecule has 20 heavy (non-hydrogen) atoms. The summed E-state index contributed by atoms with van der Waals surface area (Å²) in [4.78, 5) is 4.06. The summed E-state index contributed by atoms with van der Waals surface area (Å²) in [7, 11) is -3.87. The molecule has 0 aliphatic rings. The first-order valence-electron chi connectivity index (χ1n) is 5.98. The zero-order valence-corrected chi connectivity index (χ0v) is 12.2. The fourth-order valence-corrected chi connectivity index (χ4v) is 2.85. The van der Waals surface area contributed by atoms with Gasteiger partial charge in [-0.15, -0.1) is 0 Å². The Bertz CT molecular complexity index is 763. The highest BCUT2D eigenvalue weighted by Crippen LogP contribution is 2.29. The fourth-order valence-electron chi connectivity index (χ4n) is 1.59. The van der Waals surface area contributed by atoms with Crippen LogP contribution >= 0.6 is 0 Å². The van der Waals surface area contributed by atoms with Crippen molar-refractivity contribution in [1.29, 1.82) is 5.26 Å². The van der Waals surface area contributed by atoms with Crippen LogP contribution in [0.15, 0.2) is 44.7 Å². The lowest BCUT2D eigenvalue weighted by molar-refractivity contribution is 0.343. The Kier molecular flexibility index (Phi) is 3.40. The Morgan fingerprint density at radius 1 is 1.20 bits per heavy atom. The maximum atomic E-state index is 12.5. The molecule has 0 fully saturated rings. The number of sulfone groups is 1. The van der Waals surface area contributed by atoms with E-state index in [1.165, 1.54) is 12.1 Å². The predicted octanol–water partition coefficient (Wildman–Crippen LogP) is 2.68. The SMILES string of the molecule is CC(C)(C)c1nc(C#N)c(S(=O)(=O)c2ccccc2)o1. The third-order valence-corrected chi connectivity index (χ3v) is 4.30. The third kappa shape index (κ3) is 2.45. The molecule has 0 N–H and O–H groups in total. The highest BCUT2D eigenvalue weighted by Gasteiger charge is 2.31. The summed E-state index contributed by atoms with van der Waals surface area (Å²) in [5.41, 5.74) is -0.686. The van der Waals surface area contributed by atoms with Gasteiger partial charge in [0.15, 0.2) is 5.69 Å². The van der Waals surface area contributed by atoms with Gasteiger partial charge in [0.05, 0.1) is 4.90 Å². The molecule has 2 rings (SSSR count). The van der Waals surface area contributed by atoms with Crippen LogP contribution in [0.1, 0.15) is 32.4 Å². The first-order chi connectivity index (χ1) is 9.26. The van der Waals surface area contributed by atoms with Gasteiger partial charge < -0.3 is 4.42 Å². The van der Waals surface area contributed by atoms with Gasteiger partial charge in [-0.25, -0.2) is 13.4 Å². The van der Waals surface area contributed by atoms with Crippen LogP contribution in [0.4, 0.5) is 0 Å². The lowest BCUT2D eigenvalue weighted by Gasteiger charge is -2.11. The highest BCUT2D eigenvalue weighted by molar-refractivity contribution is 7.91. The van der Waals surface area contributed by atoms with Crippen LogP contribution in [0, 0.1) is 11.3 Å². The van der Waals surface area contributed by atoms with Crippen molar-refractivity contribution in [2.75, 3.05) is 0 Å². The maximum absolute atomic E-state index is 12.5. The van der Waals surface area contributed by atoms with Gasteiger partial charge in [-0.1, -0.05) is 39.0 Å². The Hall–Kier alpha value is -2.13. The van der Waals surface area contributed by atoms with E-state index in [1.807, 2.05) is 20.8 Å². The zero-order valence-electron chi connectivity index (χ0n) is 11.4. The van der Waals surface area contributed by atoms with Crippen molar-refractivity contribution in [1.82, 2.24) is 4.98 Å². The van der Waals surface area contributed by atoms with Crippen LogP contribution in [-0.4, -0.2) is 13.4 Å². The third-order valence-electron chi connectivity index (χ3n) is 2.64. The Morgan fingerprint density at radius 2 is 1.80 bits per heavy atom. The van der Waals surface area contributed by atoms with E-state index in [9.17, 15) is 8.42 Å². The van der Waals surface area contributed by atoms with Crippen molar-refractivity contribution < 1.29 is 12.8 Å². The molecule has 1 aromatic carbocycles. The van der Waals surface area contributed by atoms with Crippen LogP contribution in [0.3, 0.4) is 0 Å². The van der Waals surface area contributed by atoms with Crippen molar-refractivity contribution in [2.24, 2.45) is 0 Å². The lowest BCUT2D eigenvalue weighted by Crippen LogP contribution is -2.11. The van der Waals surface area contributed by atoms with Gasteiger partial charge in [0.2, 0.25) is 15.7 Å². The van der Waals surface area contributed by atoms with Crippen molar-refractivity contribution in [2.45, 2.75) is 36.2 Å². The minimum absolute atomic E-state index is 0.0770. The molecule has 0 aliphatic carbocycles. The van der Waals surface area contributed by atoms with Gasteiger partial charge in [0, 0.05) is 5.41 Å². The molecule has 0 saturated heterocycles. The normalized spacial score (nSPS) is 12.1. The molecule has 5 nitrogen and oxygen atoms in total. The Balaban J connectivity index is 2.65. The van der Waals surface area contributed by atoms with Gasteiger partial charge in [0.25, 0.3) is 5.09 Å². The van der Waals surface area contributed by atoms with Gasteiger partial charge in [-0.3, -0.25) is 0 Å². The highest BCUT2D eigenvalue weighted by atomic mass is 32.2. The standard InChI is InChI=1S/C14H14N2O3S/c1-14(2,3)13-16-11(9-15)12(19-13)20(17,18)10-7-5-4-6-8-10/h4-8H,1-3H3. The second-order valence-electron chi connectivity index (χ2n) is 5.33. The van der Waals surface area contributed by atoms with Crippen LogP contribution < -0.4 is 0 Å². The topological polar surface area (TPSA) is 84.0 Å². The molecule has 1 heterocycles. The summed E-state index contributed by atoms with van der Waals surface area (Å²) in [6, 6.07) is 9.62. The molecule has 0 amide bonds. The van der Waals surface area contributed by atoms with Crippen molar-refractivity contribution in [3.63, 3.8) is 0 Å². The summed E-state index contributed by atoms with van der Waals surface area (Å²) in [6.07, 6.45) is 0. The number of oxazole rings is 1. The van der Waals surface area contributed by atoms with Crippen LogP contribution in [-0.2, 0) is 15.3 Å². The molecule has 0 atom stereocenters. The van der Waals surface area contributed by atoms with Crippen molar-refractivity contribution >= 4 is 9.84 Å². The van der Waals surface area contributed by atoms with E-state index in [0.717, 1.165) is 0 Å². The Labute approximate surface area is 117 Å². The van der Waals surface area contributed by atoms with Crippen LogP contribution in [0.2, 0.25) is 0 Å². The smallest absolute Gasteiger partial charge is 0.261 e. The van der Waals surface area contributed by atoms with Crippen molar-refractivity contribution in [3.8, 4) is 6.07 Å². The molecule has 6 heteroatoms. The summed E-state index contributed by atoms with van der Waals surface area (Å²) < 4.78 is 30.3. The van der Waals surface area contributed by atoms with Crippen LogP contribution in [0.25, 0.3) is 0 Å². The minimum Gasteiger partial charge on any atom is -0.427 e. The molecule has 0 unspecified atom stereocenters. The van der Waals surface area contributed by atoms with Crippen LogP contribution in [0.5, 0.6) is 0 Å². The summed E-state index contributed by atoms with van der Waals surface area (Å²) in [5.74, 6) is 0.226. The number of hydrogen-bond acceptors (Lipinski definition) is 5. The molecular weight excluding hydrogens is 276 g/mol. The Morgan fingerprint density at radius 3 is 2.30 bits per heavy atom. The zero-order chi connectivity index (χ0) is 15.0. The van der Waals surface area contributed by atoms with E-state index in [-0.39, 0.29) is 16.5 Å². The van der Waals surface area contributed by atoms with Gasteiger partial charge in [0.1, 0.15) is 6.07 Å². The van der Waals surface area contributed by atoms with E-state index in [1.54, 1.807) is 24.3 Å². The van der Waals surface area contributed by atoms with E-state index in [2.05, 4.69) is 4.98 Å². The van der Waals surface area contributed by atoms with E-state index >= 15 is 0 Å². The summed E-state index contributed by atoms with van der Waals surface area (Å²) in [6.45, 7) is 5.50. The number of aromatic nitrogens is 1. The van der Waals surface area contributed by atoms with Gasteiger partial charge in [-0.2, -0.15) is 5.26 Å². The fraction of sp³-hybridized carbons (Fsp3) is 0.286. The number of nitriles is 1. The van der Waals surface area contributed by atoms with E-state index in [4.69, 9.17) is 9.68 Å². The summed E-state index contributed by atoms with van der Waals surface area (Å²) >= 11 is 0. The van der Waals surface area contributed by atoms with E-state index in [0.29, 0.717) is 0 Å². The lowest BCUT2D eigenvalue weighted by atomic mass is 9.97. The first-order valence-corrected chi connectivity index (χ1v) is 7.46. The summed E-state index contributed by atoms with van der Waals surface area (Å²) in [5, 5.41) is 8.68. The molecule has 2 aromatic rings. The average Bonchev–Trinajstić information content (AvgIpc) is 2.84. The molecule has 104 valence electrons. The maximum Gasteiger partial charge on any atom is 0.261 e. The molecular formula is C14H14N2O3S. The molecule has 0 radical (unpaired) electrons. The van der Waals surface area contributed by atoms with Gasteiger partial charge >= 0.3 is 0 Å². The molecule has 1 aromatic heterocycles. The molecule has 0 spiro atoms. The molecule has 0 saturated carbocycles.